The summed E-state index contributed by atoms with van der Waals surface area (Å²) in [6.45, 7) is 3.91. The maximum absolute atomic E-state index is 11.4. The molecule has 0 spiro atoms. The van der Waals surface area contributed by atoms with Crippen LogP contribution in [0.1, 0.15) is 11.5 Å². The Labute approximate surface area is 97.9 Å². The van der Waals surface area contributed by atoms with Crippen molar-refractivity contribution in [2.75, 3.05) is 13.7 Å². The van der Waals surface area contributed by atoms with Crippen LogP contribution in [0.2, 0.25) is 0 Å². The van der Waals surface area contributed by atoms with Gasteiger partial charge in [0.15, 0.2) is 0 Å². The normalized spacial score (nSPS) is 12.5. The van der Waals surface area contributed by atoms with Gasteiger partial charge in [0.05, 0.1) is 12.3 Å². The van der Waals surface area contributed by atoms with Crippen LogP contribution < -0.4 is 11.3 Å². The van der Waals surface area contributed by atoms with Crippen molar-refractivity contribution >= 4 is 17.7 Å². The van der Waals surface area contributed by atoms with E-state index in [9.17, 15) is 4.79 Å². The van der Waals surface area contributed by atoms with E-state index >= 15 is 0 Å². The molecule has 0 aliphatic rings. The number of thioether (sulfide) groups is 1. The fraction of sp³-hybridized carbons (Fsp3) is 0.556. The summed E-state index contributed by atoms with van der Waals surface area (Å²) in [5.74, 6) is 5.50. The van der Waals surface area contributed by atoms with Crippen molar-refractivity contribution in [1.29, 1.82) is 0 Å². The standard InChI is InChI=1S/C9H15N3O3S/c1-5-6(2)15-9(11-5)16-7(4-14-3)8(13)12-10/h7H,4,10H2,1-3H3,(H,12,13). The zero-order chi connectivity index (χ0) is 12.1. The molecule has 1 rings (SSSR count). The third-order valence-electron chi connectivity index (χ3n) is 2.00. The lowest BCUT2D eigenvalue weighted by molar-refractivity contribution is -0.121. The van der Waals surface area contributed by atoms with Gasteiger partial charge in [-0.3, -0.25) is 10.2 Å². The molecule has 0 aromatic carbocycles. The summed E-state index contributed by atoms with van der Waals surface area (Å²) in [6.07, 6.45) is 0. The number of ether oxygens (including phenoxy) is 1. The van der Waals surface area contributed by atoms with Crippen LogP contribution >= 0.6 is 11.8 Å². The van der Waals surface area contributed by atoms with E-state index in [0.29, 0.717) is 5.22 Å². The molecule has 0 bridgehead atoms. The third-order valence-corrected chi connectivity index (χ3v) is 3.02. The number of oxazole rings is 1. The number of hydrogen-bond acceptors (Lipinski definition) is 6. The van der Waals surface area contributed by atoms with Gasteiger partial charge in [0.2, 0.25) is 5.91 Å². The predicted molar refractivity (Wildman–Crippen MR) is 59.8 cm³/mol. The van der Waals surface area contributed by atoms with E-state index in [0.717, 1.165) is 11.5 Å². The minimum atomic E-state index is -0.465. The van der Waals surface area contributed by atoms with Crippen molar-refractivity contribution in [2.45, 2.75) is 24.3 Å². The van der Waals surface area contributed by atoms with E-state index < -0.39 is 5.25 Å². The summed E-state index contributed by atoms with van der Waals surface area (Å²) in [5.41, 5.74) is 2.89. The van der Waals surface area contributed by atoms with Crippen LogP contribution in [0.3, 0.4) is 0 Å². The van der Waals surface area contributed by atoms with Crippen molar-refractivity contribution in [2.24, 2.45) is 5.84 Å². The first kappa shape index (κ1) is 13.0. The second-order valence-corrected chi connectivity index (χ2v) is 4.35. The molecule has 1 atom stereocenters. The molecule has 0 saturated carbocycles. The quantitative estimate of drug-likeness (QED) is 0.337. The van der Waals surface area contributed by atoms with E-state index in [1.807, 2.05) is 13.8 Å². The maximum Gasteiger partial charge on any atom is 0.256 e. The number of aromatic nitrogens is 1. The Hall–Kier alpha value is -1.05. The molecule has 1 heterocycles. The topological polar surface area (TPSA) is 90.4 Å². The SMILES string of the molecule is COCC(Sc1nc(C)c(C)o1)C(=O)NN. The smallest absolute Gasteiger partial charge is 0.256 e. The summed E-state index contributed by atoms with van der Waals surface area (Å²) in [4.78, 5) is 15.6. The molecule has 0 fully saturated rings. The van der Waals surface area contributed by atoms with Crippen LogP contribution in [-0.2, 0) is 9.53 Å². The van der Waals surface area contributed by atoms with Gasteiger partial charge in [0.25, 0.3) is 5.22 Å². The van der Waals surface area contributed by atoms with E-state index in [1.54, 1.807) is 0 Å². The summed E-state index contributed by atoms with van der Waals surface area (Å²) in [6, 6.07) is 0. The Balaban J connectivity index is 2.71. The van der Waals surface area contributed by atoms with Gasteiger partial charge in [-0.1, -0.05) is 11.8 Å². The number of hydrogen-bond donors (Lipinski definition) is 2. The molecule has 0 radical (unpaired) electrons. The summed E-state index contributed by atoms with van der Waals surface area (Å²) in [5, 5.41) is -0.0203. The first-order chi connectivity index (χ1) is 7.58. The predicted octanol–water partition coefficient (Wildman–Crippen LogP) is 0.388. The zero-order valence-electron chi connectivity index (χ0n) is 9.44. The highest BCUT2D eigenvalue weighted by molar-refractivity contribution is 8.00. The van der Waals surface area contributed by atoms with Crippen LogP contribution in [0, 0.1) is 13.8 Å². The molecule has 1 amide bonds. The summed E-state index contributed by atoms with van der Waals surface area (Å²) >= 11 is 1.19. The van der Waals surface area contributed by atoms with Crippen molar-refractivity contribution in [3.63, 3.8) is 0 Å². The lowest BCUT2D eigenvalue weighted by Gasteiger charge is -2.10. The maximum atomic E-state index is 11.4. The summed E-state index contributed by atoms with van der Waals surface area (Å²) < 4.78 is 10.3. The van der Waals surface area contributed by atoms with E-state index in [-0.39, 0.29) is 12.5 Å². The fourth-order valence-electron chi connectivity index (χ4n) is 1.02. The Morgan fingerprint density at radius 3 is 2.81 bits per heavy atom. The average molecular weight is 245 g/mol. The average Bonchev–Trinajstić information content (AvgIpc) is 2.56. The number of carbonyl (C=O) groups excluding carboxylic acids is 1. The number of hydrazine groups is 1. The molecule has 1 aromatic heterocycles. The van der Waals surface area contributed by atoms with Crippen molar-refractivity contribution in [3.8, 4) is 0 Å². The molecule has 7 heteroatoms. The van der Waals surface area contributed by atoms with Crippen LogP contribution in [0.25, 0.3) is 0 Å². The number of amides is 1. The van der Waals surface area contributed by atoms with E-state index in [4.69, 9.17) is 15.0 Å². The van der Waals surface area contributed by atoms with Gasteiger partial charge in [-0.15, -0.1) is 0 Å². The Bertz CT molecular complexity index is 347. The molecule has 1 unspecified atom stereocenters. The molecule has 0 aliphatic heterocycles. The van der Waals surface area contributed by atoms with Gasteiger partial charge in [0, 0.05) is 7.11 Å². The molecule has 3 N–H and O–H groups in total. The number of rotatable bonds is 5. The lowest BCUT2D eigenvalue weighted by atomic mass is 10.4. The fourth-order valence-corrected chi connectivity index (χ4v) is 2.01. The monoisotopic (exact) mass is 245 g/mol. The molecular weight excluding hydrogens is 230 g/mol. The van der Waals surface area contributed by atoms with Gasteiger partial charge in [-0.2, -0.15) is 0 Å². The van der Waals surface area contributed by atoms with Crippen LogP contribution in [-0.4, -0.2) is 29.9 Å². The Morgan fingerprint density at radius 1 is 1.69 bits per heavy atom. The van der Waals surface area contributed by atoms with E-state index in [1.165, 1.54) is 18.9 Å². The molecule has 0 aliphatic carbocycles. The van der Waals surface area contributed by atoms with Crippen molar-refractivity contribution in [3.05, 3.63) is 11.5 Å². The van der Waals surface area contributed by atoms with Gasteiger partial charge in [0.1, 0.15) is 11.0 Å². The van der Waals surface area contributed by atoms with Gasteiger partial charge in [-0.05, 0) is 13.8 Å². The number of nitrogens with one attached hydrogen (secondary N) is 1. The van der Waals surface area contributed by atoms with Crippen LogP contribution in [0.5, 0.6) is 0 Å². The lowest BCUT2D eigenvalue weighted by Crippen LogP contribution is -2.39. The second kappa shape index (κ2) is 5.88. The summed E-state index contributed by atoms with van der Waals surface area (Å²) in [7, 11) is 1.52. The zero-order valence-corrected chi connectivity index (χ0v) is 10.3. The number of aryl methyl sites for hydroxylation is 2. The first-order valence-electron chi connectivity index (χ1n) is 4.68. The Morgan fingerprint density at radius 2 is 2.38 bits per heavy atom. The van der Waals surface area contributed by atoms with Crippen LogP contribution in [0.15, 0.2) is 9.64 Å². The van der Waals surface area contributed by atoms with E-state index in [2.05, 4.69) is 10.4 Å². The highest BCUT2D eigenvalue weighted by Gasteiger charge is 2.22. The molecule has 6 nitrogen and oxygen atoms in total. The molecular formula is C9H15N3O3S. The largest absolute Gasteiger partial charge is 0.437 e. The molecule has 90 valence electrons. The number of nitrogens with two attached hydrogens (primary N) is 1. The van der Waals surface area contributed by atoms with Gasteiger partial charge in [-0.25, -0.2) is 10.8 Å². The highest BCUT2D eigenvalue weighted by Crippen LogP contribution is 2.24. The second-order valence-electron chi connectivity index (χ2n) is 3.19. The number of methoxy groups -OCH3 is 1. The first-order valence-corrected chi connectivity index (χ1v) is 5.56. The van der Waals surface area contributed by atoms with Crippen molar-refractivity contribution in [1.82, 2.24) is 10.4 Å². The van der Waals surface area contributed by atoms with Gasteiger partial charge >= 0.3 is 0 Å². The molecule has 16 heavy (non-hydrogen) atoms. The minimum Gasteiger partial charge on any atom is -0.437 e. The molecule has 0 saturated heterocycles. The minimum absolute atomic E-state index is 0.244. The Kier molecular flexibility index (Phi) is 4.78. The highest BCUT2D eigenvalue weighted by atomic mass is 32.2. The number of carbonyl (C=O) groups is 1. The number of nitrogens with zero attached hydrogens (tertiary/aromatic N) is 1. The van der Waals surface area contributed by atoms with Crippen molar-refractivity contribution < 1.29 is 13.9 Å². The third kappa shape index (κ3) is 3.22. The van der Waals surface area contributed by atoms with Gasteiger partial charge < -0.3 is 9.15 Å². The molecule has 1 aromatic rings. The van der Waals surface area contributed by atoms with Crippen LogP contribution in [0.4, 0.5) is 0 Å².